The highest BCUT2D eigenvalue weighted by Crippen LogP contribution is 2.18. The van der Waals surface area contributed by atoms with Gasteiger partial charge in [0, 0.05) is 11.4 Å². The van der Waals surface area contributed by atoms with E-state index >= 15 is 0 Å². The van der Waals surface area contributed by atoms with E-state index in [0.29, 0.717) is 22.9 Å². The fraction of sp³-hybridized carbons (Fsp3) is 0.0909. The third kappa shape index (κ3) is 6.17. The molecule has 0 fully saturated rings. The fourth-order valence-electron chi connectivity index (χ4n) is 2.37. The van der Waals surface area contributed by atoms with E-state index in [4.69, 9.17) is 9.47 Å². The van der Waals surface area contributed by atoms with Crippen LogP contribution < -0.4 is 20.1 Å². The summed E-state index contributed by atoms with van der Waals surface area (Å²) in [6, 6.07) is 25.1. The predicted octanol–water partition coefficient (Wildman–Crippen LogP) is 3.72. The molecule has 0 radical (unpaired) electrons. The quantitative estimate of drug-likeness (QED) is 0.628. The maximum Gasteiger partial charge on any atom is 0.262 e. The van der Waals surface area contributed by atoms with Crippen LogP contribution in [0.5, 0.6) is 11.5 Å². The second kappa shape index (κ2) is 9.78. The molecule has 142 valence electrons. The van der Waals surface area contributed by atoms with Gasteiger partial charge in [0.05, 0.1) is 0 Å². The Morgan fingerprint density at radius 1 is 0.571 bits per heavy atom. The first-order valence-electron chi connectivity index (χ1n) is 8.74. The highest BCUT2D eigenvalue weighted by molar-refractivity contribution is 5.92. The van der Waals surface area contributed by atoms with Crippen LogP contribution in [0.15, 0.2) is 84.9 Å². The van der Waals surface area contributed by atoms with Crippen molar-refractivity contribution in [2.45, 2.75) is 0 Å². The van der Waals surface area contributed by atoms with Crippen LogP contribution in [0.1, 0.15) is 0 Å². The molecule has 3 aromatic rings. The molecule has 0 spiro atoms. The standard InChI is InChI=1S/C22H20N2O4/c25-21(23-17-7-3-1-4-8-17)15-27-19-11-13-20(14-12-19)28-16-22(26)24-18-9-5-2-6-10-18/h1-14H,15-16H2,(H,23,25)(H,24,26). The summed E-state index contributed by atoms with van der Waals surface area (Å²) in [4.78, 5) is 23.7. The van der Waals surface area contributed by atoms with Gasteiger partial charge in [0.1, 0.15) is 11.5 Å². The molecule has 0 saturated carbocycles. The summed E-state index contributed by atoms with van der Waals surface area (Å²) in [6.07, 6.45) is 0. The van der Waals surface area contributed by atoms with E-state index in [9.17, 15) is 9.59 Å². The first kappa shape index (κ1) is 19.0. The number of benzene rings is 3. The monoisotopic (exact) mass is 376 g/mol. The Balaban J connectivity index is 1.40. The maximum atomic E-state index is 11.9. The number of amides is 2. The molecule has 2 amide bonds. The van der Waals surface area contributed by atoms with E-state index in [-0.39, 0.29) is 25.0 Å². The van der Waals surface area contributed by atoms with Crippen LogP contribution in [0.2, 0.25) is 0 Å². The number of hydrogen-bond acceptors (Lipinski definition) is 4. The SMILES string of the molecule is O=C(COc1ccc(OCC(=O)Nc2ccccc2)cc1)Nc1ccccc1. The maximum absolute atomic E-state index is 11.9. The van der Waals surface area contributed by atoms with E-state index in [0.717, 1.165) is 0 Å². The van der Waals surface area contributed by atoms with E-state index in [2.05, 4.69) is 10.6 Å². The number of anilines is 2. The van der Waals surface area contributed by atoms with Gasteiger partial charge in [-0.25, -0.2) is 0 Å². The van der Waals surface area contributed by atoms with Gasteiger partial charge in [-0.1, -0.05) is 36.4 Å². The highest BCUT2D eigenvalue weighted by Gasteiger charge is 2.06. The Kier molecular flexibility index (Phi) is 6.62. The largest absolute Gasteiger partial charge is 0.484 e. The minimum atomic E-state index is -0.246. The number of ether oxygens (including phenoxy) is 2. The summed E-state index contributed by atoms with van der Waals surface area (Å²) in [6.45, 7) is -0.205. The van der Waals surface area contributed by atoms with Crippen LogP contribution in [0.4, 0.5) is 11.4 Å². The molecule has 0 aromatic heterocycles. The molecular formula is C22H20N2O4. The zero-order valence-corrected chi connectivity index (χ0v) is 15.1. The molecule has 28 heavy (non-hydrogen) atoms. The van der Waals surface area contributed by atoms with E-state index in [1.54, 1.807) is 48.5 Å². The van der Waals surface area contributed by atoms with Crippen molar-refractivity contribution >= 4 is 23.2 Å². The molecule has 0 saturated heterocycles. The van der Waals surface area contributed by atoms with Crippen LogP contribution in [-0.4, -0.2) is 25.0 Å². The van der Waals surface area contributed by atoms with E-state index in [1.807, 2.05) is 36.4 Å². The zero-order valence-electron chi connectivity index (χ0n) is 15.1. The van der Waals surface area contributed by atoms with Gasteiger partial charge in [-0.05, 0) is 48.5 Å². The Morgan fingerprint density at radius 2 is 0.929 bits per heavy atom. The normalized spacial score (nSPS) is 10.0. The van der Waals surface area contributed by atoms with Crippen LogP contribution in [0.25, 0.3) is 0 Å². The van der Waals surface area contributed by atoms with Gasteiger partial charge in [-0.15, -0.1) is 0 Å². The fourth-order valence-corrected chi connectivity index (χ4v) is 2.37. The molecule has 2 N–H and O–H groups in total. The Labute approximate surface area is 163 Å². The molecule has 0 atom stereocenters. The summed E-state index contributed by atoms with van der Waals surface area (Å²) < 4.78 is 10.9. The Hall–Kier alpha value is -3.80. The van der Waals surface area contributed by atoms with Crippen LogP contribution in [0, 0.1) is 0 Å². The lowest BCUT2D eigenvalue weighted by molar-refractivity contribution is -0.118. The number of carbonyl (C=O) groups is 2. The summed E-state index contributed by atoms with van der Waals surface area (Å²) in [5, 5.41) is 5.49. The lowest BCUT2D eigenvalue weighted by Crippen LogP contribution is -2.20. The summed E-state index contributed by atoms with van der Waals surface area (Å²) in [5.74, 6) is 0.571. The predicted molar refractivity (Wildman–Crippen MR) is 108 cm³/mol. The van der Waals surface area contributed by atoms with Crippen molar-refractivity contribution in [3.05, 3.63) is 84.9 Å². The van der Waals surface area contributed by atoms with Crippen molar-refractivity contribution in [2.24, 2.45) is 0 Å². The first-order valence-corrected chi connectivity index (χ1v) is 8.74. The lowest BCUT2D eigenvalue weighted by Gasteiger charge is -2.09. The van der Waals surface area contributed by atoms with Crippen molar-refractivity contribution in [1.29, 1.82) is 0 Å². The average Bonchev–Trinajstić information content (AvgIpc) is 2.73. The third-order valence-electron chi connectivity index (χ3n) is 3.68. The van der Waals surface area contributed by atoms with E-state index < -0.39 is 0 Å². The molecule has 0 unspecified atom stereocenters. The van der Waals surface area contributed by atoms with Crippen molar-refractivity contribution in [2.75, 3.05) is 23.8 Å². The third-order valence-corrected chi connectivity index (χ3v) is 3.68. The average molecular weight is 376 g/mol. The van der Waals surface area contributed by atoms with E-state index in [1.165, 1.54) is 0 Å². The number of rotatable bonds is 8. The number of para-hydroxylation sites is 2. The van der Waals surface area contributed by atoms with Gasteiger partial charge in [-0.3, -0.25) is 9.59 Å². The lowest BCUT2D eigenvalue weighted by atomic mass is 10.3. The number of carbonyl (C=O) groups excluding carboxylic acids is 2. The summed E-state index contributed by atoms with van der Waals surface area (Å²) >= 11 is 0. The van der Waals surface area contributed by atoms with Gasteiger partial charge in [0.25, 0.3) is 11.8 Å². The summed E-state index contributed by atoms with van der Waals surface area (Å²) in [7, 11) is 0. The first-order chi connectivity index (χ1) is 13.7. The second-order valence-corrected chi connectivity index (χ2v) is 5.88. The van der Waals surface area contributed by atoms with Gasteiger partial charge in [0.2, 0.25) is 0 Å². The smallest absolute Gasteiger partial charge is 0.262 e. The minimum Gasteiger partial charge on any atom is -0.484 e. The Bertz CT molecular complexity index is 820. The topological polar surface area (TPSA) is 76.7 Å². The molecule has 6 heteroatoms. The summed E-state index contributed by atoms with van der Waals surface area (Å²) in [5.41, 5.74) is 1.43. The molecule has 0 aliphatic carbocycles. The van der Waals surface area contributed by atoms with Crippen LogP contribution in [-0.2, 0) is 9.59 Å². The minimum absolute atomic E-state index is 0.103. The van der Waals surface area contributed by atoms with Gasteiger partial charge < -0.3 is 20.1 Å². The zero-order chi connectivity index (χ0) is 19.6. The van der Waals surface area contributed by atoms with Crippen molar-refractivity contribution in [1.82, 2.24) is 0 Å². The molecule has 0 aliphatic heterocycles. The second-order valence-electron chi connectivity index (χ2n) is 5.88. The van der Waals surface area contributed by atoms with Gasteiger partial charge in [-0.2, -0.15) is 0 Å². The number of hydrogen-bond donors (Lipinski definition) is 2. The highest BCUT2D eigenvalue weighted by atomic mass is 16.5. The Morgan fingerprint density at radius 3 is 1.29 bits per heavy atom. The molecule has 0 aliphatic rings. The van der Waals surface area contributed by atoms with Crippen molar-refractivity contribution in [3.63, 3.8) is 0 Å². The van der Waals surface area contributed by atoms with Gasteiger partial charge in [0.15, 0.2) is 13.2 Å². The van der Waals surface area contributed by atoms with Crippen molar-refractivity contribution in [3.8, 4) is 11.5 Å². The molecule has 0 heterocycles. The molecule has 6 nitrogen and oxygen atoms in total. The molecule has 3 rings (SSSR count). The van der Waals surface area contributed by atoms with Gasteiger partial charge >= 0.3 is 0 Å². The van der Waals surface area contributed by atoms with Crippen molar-refractivity contribution < 1.29 is 19.1 Å². The van der Waals surface area contributed by atoms with Crippen LogP contribution in [0.3, 0.4) is 0 Å². The molecular weight excluding hydrogens is 356 g/mol. The molecule has 0 bridgehead atoms. The number of nitrogens with one attached hydrogen (secondary N) is 2. The van der Waals surface area contributed by atoms with Crippen LogP contribution >= 0.6 is 0 Å². The molecule has 3 aromatic carbocycles.